The Hall–Kier alpha value is -1.36. The average molecular weight is 236 g/mol. The van der Waals surface area contributed by atoms with Crippen LogP contribution in [0.15, 0.2) is 12.4 Å². The summed E-state index contributed by atoms with van der Waals surface area (Å²) in [4.78, 5) is 8.41. The highest BCUT2D eigenvalue weighted by molar-refractivity contribution is 5.35. The van der Waals surface area contributed by atoms with Crippen LogP contribution >= 0.6 is 0 Å². The molecule has 0 spiro atoms. The van der Waals surface area contributed by atoms with Crippen LogP contribution in [-0.4, -0.2) is 29.7 Å². The topological polar surface area (TPSA) is 73.1 Å². The monoisotopic (exact) mass is 236 g/mol. The van der Waals surface area contributed by atoms with Gasteiger partial charge in [0, 0.05) is 6.04 Å². The summed E-state index contributed by atoms with van der Waals surface area (Å²) in [6, 6.07) is 0.412. The number of nitrogens with one attached hydrogen (secondary N) is 1. The Labute approximate surface area is 102 Å². The van der Waals surface area contributed by atoms with Crippen LogP contribution in [0.3, 0.4) is 0 Å². The highest BCUT2D eigenvalue weighted by Crippen LogP contribution is 2.26. The van der Waals surface area contributed by atoms with Crippen molar-refractivity contribution >= 4 is 5.82 Å². The quantitative estimate of drug-likeness (QED) is 0.827. The van der Waals surface area contributed by atoms with Crippen LogP contribution in [0.4, 0.5) is 5.82 Å². The molecule has 2 unspecified atom stereocenters. The van der Waals surface area contributed by atoms with Crippen LogP contribution in [0.25, 0.3) is 0 Å². The van der Waals surface area contributed by atoms with E-state index in [9.17, 15) is 0 Å². The molecule has 2 rings (SSSR count). The maximum atomic E-state index is 5.80. The lowest BCUT2D eigenvalue weighted by Crippen LogP contribution is -2.36. The van der Waals surface area contributed by atoms with Gasteiger partial charge < -0.3 is 15.8 Å². The van der Waals surface area contributed by atoms with E-state index in [-0.39, 0.29) is 0 Å². The SMILES string of the molecule is COc1cncc(NC2CCCCC2CN)n1. The van der Waals surface area contributed by atoms with E-state index in [0.717, 1.165) is 18.8 Å². The summed E-state index contributed by atoms with van der Waals surface area (Å²) in [5, 5.41) is 3.42. The molecule has 0 amide bonds. The summed E-state index contributed by atoms with van der Waals surface area (Å²) in [5.74, 6) is 1.85. The van der Waals surface area contributed by atoms with Crippen LogP contribution in [0.2, 0.25) is 0 Å². The van der Waals surface area contributed by atoms with Crippen molar-refractivity contribution in [3.63, 3.8) is 0 Å². The van der Waals surface area contributed by atoms with Crippen molar-refractivity contribution in [1.29, 1.82) is 0 Å². The Kier molecular flexibility index (Phi) is 4.14. The molecule has 0 radical (unpaired) electrons. The molecule has 0 bridgehead atoms. The molecule has 94 valence electrons. The molecule has 2 atom stereocenters. The first-order chi connectivity index (χ1) is 8.33. The molecule has 0 aliphatic heterocycles. The van der Waals surface area contributed by atoms with E-state index in [0.29, 0.717) is 17.8 Å². The number of nitrogens with zero attached hydrogens (tertiary/aromatic N) is 2. The van der Waals surface area contributed by atoms with E-state index in [4.69, 9.17) is 10.5 Å². The van der Waals surface area contributed by atoms with Crippen molar-refractivity contribution in [3.05, 3.63) is 12.4 Å². The van der Waals surface area contributed by atoms with Crippen molar-refractivity contribution in [1.82, 2.24) is 9.97 Å². The lowest BCUT2D eigenvalue weighted by atomic mass is 9.84. The largest absolute Gasteiger partial charge is 0.480 e. The third-order valence-electron chi connectivity index (χ3n) is 3.37. The summed E-state index contributed by atoms with van der Waals surface area (Å²) < 4.78 is 5.06. The molecular formula is C12H20N4O. The van der Waals surface area contributed by atoms with Crippen molar-refractivity contribution < 1.29 is 4.74 Å². The molecule has 1 aliphatic rings. The number of nitrogens with two attached hydrogens (primary N) is 1. The Morgan fingerprint density at radius 2 is 2.24 bits per heavy atom. The predicted molar refractivity (Wildman–Crippen MR) is 67.0 cm³/mol. The summed E-state index contributed by atoms with van der Waals surface area (Å²) in [6.07, 6.45) is 8.22. The fraction of sp³-hybridized carbons (Fsp3) is 0.667. The summed E-state index contributed by atoms with van der Waals surface area (Å²) in [7, 11) is 1.59. The van der Waals surface area contributed by atoms with Crippen molar-refractivity contribution in [2.24, 2.45) is 11.7 Å². The molecule has 5 heteroatoms. The number of aromatic nitrogens is 2. The predicted octanol–water partition coefficient (Wildman–Crippen LogP) is 1.41. The molecule has 5 nitrogen and oxygen atoms in total. The number of anilines is 1. The summed E-state index contributed by atoms with van der Waals surface area (Å²) >= 11 is 0. The zero-order chi connectivity index (χ0) is 12.1. The molecule has 1 fully saturated rings. The summed E-state index contributed by atoms with van der Waals surface area (Å²) in [5.41, 5.74) is 5.80. The molecule has 1 aliphatic carbocycles. The van der Waals surface area contributed by atoms with Gasteiger partial charge in [0.05, 0.1) is 19.5 Å². The maximum absolute atomic E-state index is 5.80. The third-order valence-corrected chi connectivity index (χ3v) is 3.37. The molecule has 1 aromatic heterocycles. The van der Waals surface area contributed by atoms with Crippen LogP contribution in [0, 0.1) is 5.92 Å². The molecule has 0 aromatic carbocycles. The van der Waals surface area contributed by atoms with Gasteiger partial charge in [0.1, 0.15) is 5.82 Å². The molecule has 0 saturated heterocycles. The van der Waals surface area contributed by atoms with Crippen molar-refractivity contribution in [2.45, 2.75) is 31.7 Å². The van der Waals surface area contributed by atoms with Gasteiger partial charge in [-0.05, 0) is 25.3 Å². The lowest BCUT2D eigenvalue weighted by Gasteiger charge is -2.31. The first-order valence-electron chi connectivity index (χ1n) is 6.16. The lowest BCUT2D eigenvalue weighted by molar-refractivity contribution is 0.331. The Bertz CT molecular complexity index is 358. The van der Waals surface area contributed by atoms with E-state index >= 15 is 0 Å². The number of rotatable bonds is 4. The normalized spacial score (nSPS) is 24.4. The molecule has 3 N–H and O–H groups in total. The molecule has 17 heavy (non-hydrogen) atoms. The first kappa shape index (κ1) is 12.1. The minimum atomic E-state index is 0.412. The second kappa shape index (κ2) is 5.82. The number of hydrogen-bond donors (Lipinski definition) is 2. The van der Waals surface area contributed by atoms with Crippen LogP contribution in [0.5, 0.6) is 5.88 Å². The molecule has 1 saturated carbocycles. The Balaban J connectivity index is 2.02. The number of hydrogen-bond acceptors (Lipinski definition) is 5. The average Bonchev–Trinajstić information content (AvgIpc) is 2.39. The second-order valence-electron chi connectivity index (χ2n) is 4.48. The third kappa shape index (κ3) is 3.06. The minimum Gasteiger partial charge on any atom is -0.480 e. The van der Waals surface area contributed by atoms with E-state index < -0.39 is 0 Å². The van der Waals surface area contributed by atoms with Gasteiger partial charge in [0.2, 0.25) is 5.88 Å². The number of ether oxygens (including phenoxy) is 1. The first-order valence-corrected chi connectivity index (χ1v) is 6.16. The molecule has 1 heterocycles. The van der Waals surface area contributed by atoms with E-state index in [1.165, 1.54) is 19.3 Å². The van der Waals surface area contributed by atoms with Crippen molar-refractivity contribution in [3.8, 4) is 5.88 Å². The Morgan fingerprint density at radius 3 is 3.00 bits per heavy atom. The van der Waals surface area contributed by atoms with E-state index in [1.54, 1.807) is 19.5 Å². The second-order valence-corrected chi connectivity index (χ2v) is 4.48. The standard InChI is InChI=1S/C12H20N4O/c1-17-12-8-14-7-11(16-12)15-10-5-3-2-4-9(10)6-13/h7-10H,2-6,13H2,1H3,(H,15,16). The number of methoxy groups -OCH3 is 1. The summed E-state index contributed by atoms with van der Waals surface area (Å²) in [6.45, 7) is 0.731. The minimum absolute atomic E-state index is 0.412. The van der Waals surface area contributed by atoms with Gasteiger partial charge in [-0.3, -0.25) is 4.98 Å². The fourth-order valence-electron chi connectivity index (χ4n) is 2.39. The van der Waals surface area contributed by atoms with Gasteiger partial charge in [-0.2, -0.15) is 4.98 Å². The maximum Gasteiger partial charge on any atom is 0.233 e. The Morgan fingerprint density at radius 1 is 1.41 bits per heavy atom. The molecular weight excluding hydrogens is 216 g/mol. The van der Waals surface area contributed by atoms with Gasteiger partial charge in [0.15, 0.2) is 0 Å². The fourth-order valence-corrected chi connectivity index (χ4v) is 2.39. The van der Waals surface area contributed by atoms with E-state index in [2.05, 4.69) is 15.3 Å². The highest BCUT2D eigenvalue weighted by Gasteiger charge is 2.24. The highest BCUT2D eigenvalue weighted by atomic mass is 16.5. The van der Waals surface area contributed by atoms with Gasteiger partial charge in [-0.15, -0.1) is 0 Å². The van der Waals surface area contributed by atoms with Gasteiger partial charge >= 0.3 is 0 Å². The van der Waals surface area contributed by atoms with E-state index in [1.807, 2.05) is 0 Å². The van der Waals surface area contributed by atoms with Crippen molar-refractivity contribution in [2.75, 3.05) is 19.0 Å². The van der Waals surface area contributed by atoms with Crippen LogP contribution < -0.4 is 15.8 Å². The zero-order valence-corrected chi connectivity index (χ0v) is 10.2. The zero-order valence-electron chi connectivity index (χ0n) is 10.2. The van der Waals surface area contributed by atoms with Gasteiger partial charge in [-0.25, -0.2) is 0 Å². The van der Waals surface area contributed by atoms with Crippen LogP contribution in [0.1, 0.15) is 25.7 Å². The van der Waals surface area contributed by atoms with Gasteiger partial charge in [-0.1, -0.05) is 12.8 Å². The molecule has 1 aromatic rings. The van der Waals surface area contributed by atoms with Crippen LogP contribution in [-0.2, 0) is 0 Å². The smallest absolute Gasteiger partial charge is 0.233 e. The van der Waals surface area contributed by atoms with Gasteiger partial charge in [0.25, 0.3) is 0 Å².